The zero-order valence-corrected chi connectivity index (χ0v) is 6.30. The SMILES string of the molecule is CCN1CC=CC(C)C1. The maximum atomic E-state index is 2.45. The summed E-state index contributed by atoms with van der Waals surface area (Å²) in [6, 6.07) is 0. The molecule has 9 heavy (non-hydrogen) atoms. The minimum atomic E-state index is 0.763. The summed E-state index contributed by atoms with van der Waals surface area (Å²) >= 11 is 0. The number of likely N-dealkylation sites (N-methyl/N-ethyl adjacent to an activating group) is 1. The second-order valence-electron chi connectivity index (χ2n) is 2.76. The molecule has 1 heteroatoms. The molecule has 0 bridgehead atoms. The summed E-state index contributed by atoms with van der Waals surface area (Å²) in [4.78, 5) is 2.45. The Labute approximate surface area is 57.4 Å². The first-order valence-electron chi connectivity index (χ1n) is 3.72. The molecule has 1 atom stereocenters. The molecule has 0 saturated heterocycles. The summed E-state index contributed by atoms with van der Waals surface area (Å²) in [5.74, 6) is 0.763. The highest BCUT2D eigenvalue weighted by molar-refractivity contribution is 4.94. The fourth-order valence-corrected chi connectivity index (χ4v) is 1.24. The predicted octanol–water partition coefficient (Wildman–Crippen LogP) is 1.51. The van der Waals surface area contributed by atoms with Gasteiger partial charge in [-0.15, -0.1) is 0 Å². The van der Waals surface area contributed by atoms with E-state index in [1.165, 1.54) is 13.1 Å². The molecule has 1 rings (SSSR count). The minimum absolute atomic E-state index is 0.763. The van der Waals surface area contributed by atoms with Crippen molar-refractivity contribution < 1.29 is 0 Å². The molecule has 0 spiro atoms. The topological polar surface area (TPSA) is 3.24 Å². The van der Waals surface area contributed by atoms with E-state index in [1.807, 2.05) is 0 Å². The van der Waals surface area contributed by atoms with Crippen LogP contribution in [0.4, 0.5) is 0 Å². The molecule has 1 aliphatic heterocycles. The number of hydrogen-bond donors (Lipinski definition) is 0. The van der Waals surface area contributed by atoms with Crippen molar-refractivity contribution >= 4 is 0 Å². The summed E-state index contributed by atoms with van der Waals surface area (Å²) in [5.41, 5.74) is 0. The Balaban J connectivity index is 2.38. The van der Waals surface area contributed by atoms with Crippen LogP contribution >= 0.6 is 0 Å². The Bertz CT molecular complexity index is 107. The summed E-state index contributed by atoms with van der Waals surface area (Å²) in [6.45, 7) is 8.06. The average molecular weight is 125 g/mol. The molecule has 52 valence electrons. The Morgan fingerprint density at radius 2 is 2.44 bits per heavy atom. The fraction of sp³-hybridized carbons (Fsp3) is 0.750. The molecule has 0 fully saturated rings. The summed E-state index contributed by atoms with van der Waals surface area (Å²) < 4.78 is 0. The summed E-state index contributed by atoms with van der Waals surface area (Å²) in [5, 5.41) is 0. The van der Waals surface area contributed by atoms with E-state index in [-0.39, 0.29) is 0 Å². The first-order chi connectivity index (χ1) is 4.33. The smallest absolute Gasteiger partial charge is 0.0163 e. The zero-order valence-electron chi connectivity index (χ0n) is 6.30. The van der Waals surface area contributed by atoms with Crippen LogP contribution in [0.1, 0.15) is 13.8 Å². The van der Waals surface area contributed by atoms with Gasteiger partial charge in [-0.3, -0.25) is 4.90 Å². The molecule has 0 saturated carbocycles. The van der Waals surface area contributed by atoms with E-state index in [9.17, 15) is 0 Å². The number of rotatable bonds is 1. The van der Waals surface area contributed by atoms with Gasteiger partial charge in [-0.25, -0.2) is 0 Å². The van der Waals surface area contributed by atoms with Gasteiger partial charge in [0, 0.05) is 13.1 Å². The Hall–Kier alpha value is -0.300. The summed E-state index contributed by atoms with van der Waals surface area (Å²) in [7, 11) is 0. The van der Waals surface area contributed by atoms with Crippen LogP contribution in [0.5, 0.6) is 0 Å². The zero-order chi connectivity index (χ0) is 6.69. The van der Waals surface area contributed by atoms with Gasteiger partial charge in [0.1, 0.15) is 0 Å². The lowest BCUT2D eigenvalue weighted by atomic mass is 10.1. The van der Waals surface area contributed by atoms with Crippen LogP contribution in [0, 0.1) is 5.92 Å². The maximum absolute atomic E-state index is 2.45. The van der Waals surface area contributed by atoms with Crippen molar-refractivity contribution in [3.8, 4) is 0 Å². The van der Waals surface area contributed by atoms with E-state index in [1.54, 1.807) is 0 Å². The van der Waals surface area contributed by atoms with Crippen molar-refractivity contribution in [3.63, 3.8) is 0 Å². The molecule has 0 aromatic rings. The van der Waals surface area contributed by atoms with Gasteiger partial charge in [0.05, 0.1) is 0 Å². The average Bonchev–Trinajstić information content (AvgIpc) is 1.88. The molecule has 1 unspecified atom stereocenters. The standard InChI is InChI=1S/C8H15N/c1-3-9-6-4-5-8(2)7-9/h4-5,8H,3,6-7H2,1-2H3. The minimum Gasteiger partial charge on any atom is -0.299 e. The lowest BCUT2D eigenvalue weighted by Crippen LogP contribution is -2.30. The maximum Gasteiger partial charge on any atom is 0.0163 e. The van der Waals surface area contributed by atoms with E-state index in [0.29, 0.717) is 0 Å². The van der Waals surface area contributed by atoms with Crippen LogP contribution in [0.3, 0.4) is 0 Å². The first-order valence-corrected chi connectivity index (χ1v) is 3.72. The molecule has 0 aromatic heterocycles. The second-order valence-corrected chi connectivity index (χ2v) is 2.76. The van der Waals surface area contributed by atoms with Crippen molar-refractivity contribution in [2.75, 3.05) is 19.6 Å². The van der Waals surface area contributed by atoms with Crippen molar-refractivity contribution in [1.29, 1.82) is 0 Å². The molecule has 1 aliphatic rings. The molecule has 0 N–H and O–H groups in total. The quantitative estimate of drug-likeness (QED) is 0.480. The Morgan fingerprint density at radius 3 is 2.89 bits per heavy atom. The highest BCUT2D eigenvalue weighted by Crippen LogP contribution is 2.06. The number of nitrogens with zero attached hydrogens (tertiary/aromatic N) is 1. The molecule has 0 aromatic carbocycles. The van der Waals surface area contributed by atoms with Crippen molar-refractivity contribution in [3.05, 3.63) is 12.2 Å². The highest BCUT2D eigenvalue weighted by Gasteiger charge is 2.07. The normalized spacial score (nSPS) is 28.9. The third-order valence-corrected chi connectivity index (χ3v) is 1.82. The van der Waals surface area contributed by atoms with Crippen LogP contribution in [-0.2, 0) is 0 Å². The van der Waals surface area contributed by atoms with Crippen LogP contribution in [0.25, 0.3) is 0 Å². The van der Waals surface area contributed by atoms with E-state index < -0.39 is 0 Å². The fourth-order valence-electron chi connectivity index (χ4n) is 1.24. The first kappa shape index (κ1) is 6.81. The van der Waals surface area contributed by atoms with Crippen LogP contribution in [0.2, 0.25) is 0 Å². The third-order valence-electron chi connectivity index (χ3n) is 1.82. The van der Waals surface area contributed by atoms with Gasteiger partial charge in [0.25, 0.3) is 0 Å². The summed E-state index contributed by atoms with van der Waals surface area (Å²) in [6.07, 6.45) is 4.56. The van der Waals surface area contributed by atoms with Crippen LogP contribution in [0.15, 0.2) is 12.2 Å². The lowest BCUT2D eigenvalue weighted by Gasteiger charge is -2.24. The van der Waals surface area contributed by atoms with Crippen LogP contribution in [-0.4, -0.2) is 24.5 Å². The largest absolute Gasteiger partial charge is 0.299 e. The van der Waals surface area contributed by atoms with E-state index >= 15 is 0 Å². The second kappa shape index (κ2) is 3.02. The monoisotopic (exact) mass is 125 g/mol. The van der Waals surface area contributed by atoms with Crippen molar-refractivity contribution in [2.45, 2.75) is 13.8 Å². The van der Waals surface area contributed by atoms with E-state index in [4.69, 9.17) is 0 Å². The molecule has 1 heterocycles. The third kappa shape index (κ3) is 1.83. The molecule has 0 amide bonds. The highest BCUT2D eigenvalue weighted by atomic mass is 15.1. The van der Waals surface area contributed by atoms with E-state index in [2.05, 4.69) is 30.9 Å². The van der Waals surface area contributed by atoms with E-state index in [0.717, 1.165) is 12.5 Å². The van der Waals surface area contributed by atoms with Gasteiger partial charge < -0.3 is 0 Å². The number of hydrogen-bond acceptors (Lipinski definition) is 1. The molecular weight excluding hydrogens is 110 g/mol. The lowest BCUT2D eigenvalue weighted by molar-refractivity contribution is 0.280. The Morgan fingerprint density at radius 1 is 1.67 bits per heavy atom. The van der Waals surface area contributed by atoms with Gasteiger partial charge in [-0.05, 0) is 12.5 Å². The van der Waals surface area contributed by atoms with Gasteiger partial charge in [-0.1, -0.05) is 26.0 Å². The van der Waals surface area contributed by atoms with Gasteiger partial charge in [0.2, 0.25) is 0 Å². The van der Waals surface area contributed by atoms with Crippen LogP contribution < -0.4 is 0 Å². The molecular formula is C8H15N. The van der Waals surface area contributed by atoms with Crippen molar-refractivity contribution in [1.82, 2.24) is 4.90 Å². The molecule has 0 radical (unpaired) electrons. The Kier molecular flexibility index (Phi) is 2.29. The van der Waals surface area contributed by atoms with Crippen molar-refractivity contribution in [2.24, 2.45) is 5.92 Å². The molecule has 0 aliphatic carbocycles. The van der Waals surface area contributed by atoms with Gasteiger partial charge in [0.15, 0.2) is 0 Å². The van der Waals surface area contributed by atoms with Gasteiger partial charge in [-0.2, -0.15) is 0 Å². The molecule has 1 nitrogen and oxygen atoms in total. The predicted molar refractivity (Wildman–Crippen MR) is 40.4 cm³/mol. The van der Waals surface area contributed by atoms with Gasteiger partial charge >= 0.3 is 0 Å².